The highest BCUT2D eigenvalue weighted by Gasteiger charge is 2.37. The number of carbonyl (C=O) groups is 3. The van der Waals surface area contributed by atoms with Crippen LogP contribution < -0.4 is 26.4 Å². The number of aromatic nitrogens is 1. The molecule has 1 heterocycles. The molecule has 1 aromatic heterocycles. The largest absolute Gasteiger partial charge is 0.497 e. The highest BCUT2D eigenvalue weighted by atomic mass is 35.5. The molecular weight excluding hydrogens is 502 g/mol. The van der Waals surface area contributed by atoms with Gasteiger partial charge in [0.15, 0.2) is 5.69 Å². The number of carbonyl (C=O) groups excluding carboxylic acids is 3. The molecule has 11 heteroatoms. The lowest BCUT2D eigenvalue weighted by Crippen LogP contribution is -2.46. The second-order valence-electron chi connectivity index (χ2n) is 8.46. The number of nitrogens with zero attached hydrogens (tertiary/aromatic N) is 2. The van der Waals surface area contributed by atoms with Crippen LogP contribution in [0.2, 0.25) is 5.02 Å². The van der Waals surface area contributed by atoms with Gasteiger partial charge in [0.1, 0.15) is 16.7 Å². The lowest BCUT2D eigenvalue weighted by atomic mass is 10.0. The molecule has 3 amide bonds. The van der Waals surface area contributed by atoms with Crippen molar-refractivity contribution in [2.45, 2.75) is 37.8 Å². The molecule has 1 atom stereocenters. The summed E-state index contributed by atoms with van der Waals surface area (Å²) in [6.07, 6.45) is 3.81. The standard InChI is InChI=1S/C25H26ClN5O4S/c1-35-18-12-10-17(11-13-18)31(25(34)22-19(27)20(23(28)32)30-36-22)21(14-6-8-15(26)9-7-14)24(33)29-16-4-2-3-5-16/h6-13,16,21H,2-5,27H2,1H3,(H2,28,32)(H,29,33)/t21-/m1/s1. The number of rotatable bonds is 8. The molecule has 0 spiro atoms. The van der Waals surface area contributed by atoms with Gasteiger partial charge >= 0.3 is 0 Å². The minimum Gasteiger partial charge on any atom is -0.497 e. The second-order valence-corrected chi connectivity index (χ2v) is 9.67. The second kappa shape index (κ2) is 11.0. The Kier molecular flexibility index (Phi) is 7.76. The SMILES string of the molecule is COc1ccc(N(C(=O)c2snc(C(N)=O)c2N)[C@@H](C(=O)NC2CCCC2)c2ccc(Cl)cc2)cc1. The van der Waals surface area contributed by atoms with E-state index in [4.69, 9.17) is 27.8 Å². The molecular formula is C25H26ClN5O4S. The minimum atomic E-state index is -1.05. The molecule has 0 radical (unpaired) electrons. The van der Waals surface area contributed by atoms with Gasteiger partial charge in [-0.15, -0.1) is 0 Å². The van der Waals surface area contributed by atoms with E-state index < -0.39 is 17.9 Å². The molecule has 0 aliphatic heterocycles. The van der Waals surface area contributed by atoms with Crippen molar-refractivity contribution in [1.29, 1.82) is 0 Å². The first kappa shape index (κ1) is 25.5. The Labute approximate surface area is 217 Å². The molecule has 4 rings (SSSR count). The zero-order valence-corrected chi connectivity index (χ0v) is 21.1. The van der Waals surface area contributed by atoms with E-state index in [1.807, 2.05) is 0 Å². The van der Waals surface area contributed by atoms with Crippen molar-refractivity contribution < 1.29 is 19.1 Å². The number of halogens is 1. The summed E-state index contributed by atoms with van der Waals surface area (Å²) in [5, 5.41) is 3.60. The number of benzene rings is 2. The van der Waals surface area contributed by atoms with Crippen LogP contribution in [0.4, 0.5) is 11.4 Å². The molecule has 1 fully saturated rings. The van der Waals surface area contributed by atoms with Gasteiger partial charge in [0.05, 0.1) is 12.8 Å². The Morgan fingerprint density at radius 3 is 2.31 bits per heavy atom. The van der Waals surface area contributed by atoms with Crippen LogP contribution in [0, 0.1) is 0 Å². The molecule has 0 saturated heterocycles. The number of hydrogen-bond acceptors (Lipinski definition) is 7. The minimum absolute atomic E-state index is 0.00671. The number of methoxy groups -OCH3 is 1. The quantitative estimate of drug-likeness (QED) is 0.405. The number of primary amides is 1. The van der Waals surface area contributed by atoms with Gasteiger partial charge in [-0.2, -0.15) is 4.37 Å². The van der Waals surface area contributed by atoms with Crippen molar-refractivity contribution in [3.05, 3.63) is 69.7 Å². The number of anilines is 2. The fraction of sp³-hybridized carbons (Fsp3) is 0.280. The molecule has 1 aliphatic carbocycles. The molecule has 2 aromatic carbocycles. The topological polar surface area (TPSA) is 141 Å². The number of hydrogen-bond donors (Lipinski definition) is 3. The lowest BCUT2D eigenvalue weighted by Gasteiger charge is -2.32. The van der Waals surface area contributed by atoms with Crippen LogP contribution in [0.1, 0.15) is 57.4 Å². The van der Waals surface area contributed by atoms with Gasteiger partial charge < -0.3 is 21.5 Å². The molecule has 36 heavy (non-hydrogen) atoms. The summed E-state index contributed by atoms with van der Waals surface area (Å²) in [5.74, 6) is -1.19. The Balaban J connectivity index is 1.84. The first-order valence-electron chi connectivity index (χ1n) is 11.4. The molecule has 5 N–H and O–H groups in total. The van der Waals surface area contributed by atoms with Crippen molar-refractivity contribution in [1.82, 2.24) is 9.69 Å². The maximum atomic E-state index is 14.0. The highest BCUT2D eigenvalue weighted by Crippen LogP contribution is 2.34. The molecule has 0 unspecified atom stereocenters. The fourth-order valence-electron chi connectivity index (χ4n) is 4.28. The van der Waals surface area contributed by atoms with E-state index in [9.17, 15) is 14.4 Å². The van der Waals surface area contributed by atoms with Gasteiger partial charge in [0.2, 0.25) is 5.91 Å². The van der Waals surface area contributed by atoms with Crippen LogP contribution >= 0.6 is 23.1 Å². The maximum absolute atomic E-state index is 14.0. The van der Waals surface area contributed by atoms with Gasteiger partial charge in [0, 0.05) is 16.8 Å². The van der Waals surface area contributed by atoms with Crippen molar-refractivity contribution in [3.8, 4) is 5.75 Å². The van der Waals surface area contributed by atoms with Gasteiger partial charge in [-0.05, 0) is 66.3 Å². The van der Waals surface area contributed by atoms with Crippen molar-refractivity contribution in [2.24, 2.45) is 5.73 Å². The summed E-state index contributed by atoms with van der Waals surface area (Å²) < 4.78 is 9.23. The van der Waals surface area contributed by atoms with Crippen LogP contribution in [-0.4, -0.2) is 35.2 Å². The Hall–Kier alpha value is -3.63. The van der Waals surface area contributed by atoms with Crippen molar-refractivity contribution in [3.63, 3.8) is 0 Å². The average Bonchev–Trinajstić information content (AvgIpc) is 3.52. The first-order chi connectivity index (χ1) is 17.3. The van der Waals surface area contributed by atoms with E-state index in [-0.39, 0.29) is 28.2 Å². The van der Waals surface area contributed by atoms with Gasteiger partial charge in [-0.1, -0.05) is 36.6 Å². The number of nitrogens with two attached hydrogens (primary N) is 2. The highest BCUT2D eigenvalue weighted by molar-refractivity contribution is 7.09. The third-order valence-corrected chi connectivity index (χ3v) is 7.22. The summed E-state index contributed by atoms with van der Waals surface area (Å²) in [5.41, 5.74) is 12.1. The molecule has 188 valence electrons. The summed E-state index contributed by atoms with van der Waals surface area (Å²) in [6, 6.07) is 12.4. The third-order valence-electron chi connectivity index (χ3n) is 6.12. The number of nitrogen functional groups attached to an aromatic ring is 1. The normalized spacial score (nSPS) is 14.3. The lowest BCUT2D eigenvalue weighted by molar-refractivity contribution is -0.123. The van der Waals surface area contributed by atoms with E-state index >= 15 is 0 Å². The predicted molar refractivity (Wildman–Crippen MR) is 139 cm³/mol. The van der Waals surface area contributed by atoms with E-state index in [1.54, 1.807) is 48.5 Å². The molecule has 0 bridgehead atoms. The van der Waals surface area contributed by atoms with Gasteiger partial charge in [-0.25, -0.2) is 0 Å². The van der Waals surface area contributed by atoms with Crippen LogP contribution in [0.5, 0.6) is 5.75 Å². The van der Waals surface area contributed by atoms with E-state index in [1.165, 1.54) is 12.0 Å². The Morgan fingerprint density at radius 1 is 1.11 bits per heavy atom. The average molecular weight is 528 g/mol. The summed E-state index contributed by atoms with van der Waals surface area (Å²) in [7, 11) is 1.53. The zero-order valence-electron chi connectivity index (χ0n) is 19.6. The number of nitrogens with one attached hydrogen (secondary N) is 1. The van der Waals surface area contributed by atoms with Crippen LogP contribution in [0.25, 0.3) is 0 Å². The van der Waals surface area contributed by atoms with Crippen LogP contribution in [0.15, 0.2) is 48.5 Å². The summed E-state index contributed by atoms with van der Waals surface area (Å²) >= 11 is 6.87. The predicted octanol–water partition coefficient (Wildman–Crippen LogP) is 3.93. The van der Waals surface area contributed by atoms with E-state index in [0.29, 0.717) is 22.0 Å². The van der Waals surface area contributed by atoms with E-state index in [2.05, 4.69) is 9.69 Å². The van der Waals surface area contributed by atoms with Gasteiger partial charge in [0.25, 0.3) is 11.8 Å². The fourth-order valence-corrected chi connectivity index (χ4v) is 5.15. The first-order valence-corrected chi connectivity index (χ1v) is 12.5. The van der Waals surface area contributed by atoms with Crippen LogP contribution in [-0.2, 0) is 4.79 Å². The number of amides is 3. The molecule has 9 nitrogen and oxygen atoms in total. The smallest absolute Gasteiger partial charge is 0.273 e. The number of ether oxygens (including phenoxy) is 1. The van der Waals surface area contributed by atoms with Crippen molar-refractivity contribution in [2.75, 3.05) is 17.7 Å². The van der Waals surface area contributed by atoms with Gasteiger partial charge in [-0.3, -0.25) is 19.3 Å². The van der Waals surface area contributed by atoms with Crippen LogP contribution in [0.3, 0.4) is 0 Å². The third kappa shape index (κ3) is 5.29. The maximum Gasteiger partial charge on any atom is 0.273 e. The monoisotopic (exact) mass is 527 g/mol. The van der Waals surface area contributed by atoms with Crippen molar-refractivity contribution >= 4 is 52.2 Å². The Bertz CT molecular complexity index is 1260. The summed E-state index contributed by atoms with van der Waals surface area (Å²) in [6.45, 7) is 0. The zero-order chi connectivity index (χ0) is 25.8. The van der Waals surface area contributed by atoms with E-state index in [0.717, 1.165) is 37.2 Å². The molecule has 1 aliphatic rings. The summed E-state index contributed by atoms with van der Waals surface area (Å²) in [4.78, 5) is 40.9. The molecule has 3 aromatic rings. The Morgan fingerprint density at radius 2 is 1.75 bits per heavy atom. The molecule has 1 saturated carbocycles.